The second kappa shape index (κ2) is 5.97. The molecule has 1 atom stereocenters. The second-order valence-corrected chi connectivity index (χ2v) is 5.67. The van der Waals surface area contributed by atoms with Gasteiger partial charge in [-0.05, 0) is 36.6 Å². The summed E-state index contributed by atoms with van der Waals surface area (Å²) in [6.07, 6.45) is 0.738. The van der Waals surface area contributed by atoms with E-state index in [9.17, 15) is 0 Å². The van der Waals surface area contributed by atoms with E-state index in [2.05, 4.69) is 31.2 Å². The van der Waals surface area contributed by atoms with Crippen LogP contribution in [0.3, 0.4) is 0 Å². The van der Waals surface area contributed by atoms with Gasteiger partial charge in [0.05, 0.1) is 15.4 Å². The van der Waals surface area contributed by atoms with Crippen molar-refractivity contribution in [3.63, 3.8) is 0 Å². The van der Waals surface area contributed by atoms with E-state index in [0.717, 1.165) is 17.5 Å². The van der Waals surface area contributed by atoms with Crippen molar-refractivity contribution < 1.29 is 0 Å². The van der Waals surface area contributed by atoms with Crippen molar-refractivity contribution in [2.75, 3.05) is 0 Å². The molecule has 0 aliphatic carbocycles. The molecule has 0 aromatic heterocycles. The molecule has 1 unspecified atom stereocenters. The highest BCUT2D eigenvalue weighted by Gasteiger charge is 2.09. The van der Waals surface area contributed by atoms with Gasteiger partial charge in [0.2, 0.25) is 0 Å². The molecular formula is C15H13Cl3. The third-order valence-electron chi connectivity index (χ3n) is 2.84. The van der Waals surface area contributed by atoms with Gasteiger partial charge in [0.15, 0.2) is 0 Å². The lowest BCUT2D eigenvalue weighted by Crippen LogP contribution is -1.96. The fraction of sp³-hybridized carbons (Fsp3) is 0.200. The van der Waals surface area contributed by atoms with Gasteiger partial charge in [-0.15, -0.1) is 11.6 Å². The van der Waals surface area contributed by atoms with Crippen molar-refractivity contribution >= 4 is 34.8 Å². The number of hydrogen-bond donors (Lipinski definition) is 0. The fourth-order valence-electron chi connectivity index (χ4n) is 1.77. The predicted octanol–water partition coefficient (Wildman–Crippen LogP) is 5.82. The minimum atomic E-state index is -0.0529. The van der Waals surface area contributed by atoms with Crippen LogP contribution in [0.25, 0.3) is 0 Å². The molecule has 2 aromatic rings. The molecule has 0 amide bonds. The average Bonchev–Trinajstić information content (AvgIpc) is 2.34. The molecule has 0 bridgehead atoms. The molecule has 0 aliphatic rings. The summed E-state index contributed by atoms with van der Waals surface area (Å²) in [4.78, 5) is 0. The van der Waals surface area contributed by atoms with Crippen molar-refractivity contribution in [2.24, 2.45) is 0 Å². The number of benzene rings is 2. The van der Waals surface area contributed by atoms with E-state index in [1.807, 2.05) is 12.1 Å². The standard InChI is InChI=1S/C15H13Cl3/c1-10-2-5-12(6-3-10)14(17)8-11-4-7-13(16)15(18)9-11/h2-7,9,14H,8H2,1H3. The fourth-order valence-corrected chi connectivity index (χ4v) is 2.41. The SMILES string of the molecule is Cc1ccc(C(Cl)Cc2ccc(Cl)c(Cl)c2)cc1. The van der Waals surface area contributed by atoms with E-state index in [4.69, 9.17) is 34.8 Å². The van der Waals surface area contributed by atoms with E-state index < -0.39 is 0 Å². The van der Waals surface area contributed by atoms with Crippen molar-refractivity contribution in [2.45, 2.75) is 18.7 Å². The van der Waals surface area contributed by atoms with Crippen LogP contribution >= 0.6 is 34.8 Å². The molecule has 0 fully saturated rings. The molecule has 3 heteroatoms. The van der Waals surface area contributed by atoms with Gasteiger partial charge in [-0.25, -0.2) is 0 Å². The van der Waals surface area contributed by atoms with Crippen LogP contribution in [-0.2, 0) is 6.42 Å². The number of rotatable bonds is 3. The number of alkyl halides is 1. The first kappa shape index (κ1) is 13.7. The first-order valence-corrected chi connectivity index (χ1v) is 6.90. The zero-order valence-electron chi connectivity index (χ0n) is 9.96. The van der Waals surface area contributed by atoms with Gasteiger partial charge < -0.3 is 0 Å². The minimum Gasteiger partial charge on any atom is -0.117 e. The maximum absolute atomic E-state index is 6.41. The number of halogens is 3. The molecule has 94 valence electrons. The smallest absolute Gasteiger partial charge is 0.0625 e. The Bertz CT molecular complexity index is 532. The molecule has 0 heterocycles. The Morgan fingerprint density at radius 2 is 1.61 bits per heavy atom. The third kappa shape index (κ3) is 3.41. The topological polar surface area (TPSA) is 0 Å². The van der Waals surface area contributed by atoms with Gasteiger partial charge in [-0.3, -0.25) is 0 Å². The predicted molar refractivity (Wildman–Crippen MR) is 79.9 cm³/mol. The van der Waals surface area contributed by atoms with Crippen LogP contribution in [0.4, 0.5) is 0 Å². The number of aryl methyl sites for hydroxylation is 1. The minimum absolute atomic E-state index is 0.0529. The Labute approximate surface area is 122 Å². The first-order chi connectivity index (χ1) is 8.56. The average molecular weight is 300 g/mol. The van der Waals surface area contributed by atoms with E-state index in [1.165, 1.54) is 5.56 Å². The molecule has 0 N–H and O–H groups in total. The van der Waals surface area contributed by atoms with E-state index in [-0.39, 0.29) is 5.38 Å². The Balaban J connectivity index is 2.13. The van der Waals surface area contributed by atoms with Crippen molar-refractivity contribution in [1.82, 2.24) is 0 Å². The van der Waals surface area contributed by atoms with Crippen molar-refractivity contribution in [3.8, 4) is 0 Å². The Hall–Kier alpha value is -0.690. The summed E-state index contributed by atoms with van der Waals surface area (Å²) in [5.41, 5.74) is 3.44. The summed E-state index contributed by atoms with van der Waals surface area (Å²) in [5.74, 6) is 0. The summed E-state index contributed by atoms with van der Waals surface area (Å²) in [7, 11) is 0. The van der Waals surface area contributed by atoms with Crippen LogP contribution in [0, 0.1) is 6.92 Å². The normalized spacial score (nSPS) is 12.4. The quantitative estimate of drug-likeness (QED) is 0.626. The molecular weight excluding hydrogens is 287 g/mol. The third-order valence-corrected chi connectivity index (χ3v) is 3.98. The molecule has 0 nitrogen and oxygen atoms in total. The van der Waals surface area contributed by atoms with Gasteiger partial charge in [-0.2, -0.15) is 0 Å². The summed E-state index contributed by atoms with van der Waals surface area (Å²) in [6, 6.07) is 13.9. The van der Waals surface area contributed by atoms with Crippen molar-refractivity contribution in [3.05, 3.63) is 69.2 Å². The lowest BCUT2D eigenvalue weighted by atomic mass is 10.0. The van der Waals surface area contributed by atoms with Crippen LogP contribution in [0.15, 0.2) is 42.5 Å². The molecule has 0 aliphatic heterocycles. The number of hydrogen-bond acceptors (Lipinski definition) is 0. The zero-order valence-corrected chi connectivity index (χ0v) is 12.2. The monoisotopic (exact) mass is 298 g/mol. The maximum Gasteiger partial charge on any atom is 0.0625 e. The molecule has 2 aromatic carbocycles. The summed E-state index contributed by atoms with van der Waals surface area (Å²) >= 11 is 18.3. The summed E-state index contributed by atoms with van der Waals surface area (Å²) in [5, 5.41) is 1.09. The van der Waals surface area contributed by atoms with Crippen LogP contribution in [-0.4, -0.2) is 0 Å². The van der Waals surface area contributed by atoms with Crippen molar-refractivity contribution in [1.29, 1.82) is 0 Å². The summed E-state index contributed by atoms with van der Waals surface area (Å²) in [6.45, 7) is 2.06. The van der Waals surface area contributed by atoms with Gasteiger partial charge >= 0.3 is 0 Å². The largest absolute Gasteiger partial charge is 0.117 e. The molecule has 18 heavy (non-hydrogen) atoms. The molecule has 0 radical (unpaired) electrons. The molecule has 0 saturated carbocycles. The highest BCUT2D eigenvalue weighted by Crippen LogP contribution is 2.28. The second-order valence-electron chi connectivity index (χ2n) is 4.33. The van der Waals surface area contributed by atoms with Gasteiger partial charge in [0.1, 0.15) is 0 Å². The van der Waals surface area contributed by atoms with E-state index >= 15 is 0 Å². The van der Waals surface area contributed by atoms with Crippen LogP contribution in [0.5, 0.6) is 0 Å². The van der Waals surface area contributed by atoms with Gasteiger partial charge in [0.25, 0.3) is 0 Å². The Morgan fingerprint density at radius 1 is 0.944 bits per heavy atom. The lowest BCUT2D eigenvalue weighted by molar-refractivity contribution is 0.919. The van der Waals surface area contributed by atoms with Crippen LogP contribution in [0.2, 0.25) is 10.0 Å². The molecule has 0 saturated heterocycles. The van der Waals surface area contributed by atoms with Crippen LogP contribution < -0.4 is 0 Å². The lowest BCUT2D eigenvalue weighted by Gasteiger charge is -2.11. The van der Waals surface area contributed by atoms with E-state index in [1.54, 1.807) is 6.07 Å². The Morgan fingerprint density at radius 3 is 2.22 bits per heavy atom. The maximum atomic E-state index is 6.41. The highest BCUT2D eigenvalue weighted by atomic mass is 35.5. The molecule has 0 spiro atoms. The van der Waals surface area contributed by atoms with Crippen LogP contribution in [0.1, 0.15) is 22.1 Å². The van der Waals surface area contributed by atoms with Gasteiger partial charge in [0, 0.05) is 0 Å². The molecule has 2 rings (SSSR count). The Kier molecular flexibility index (Phi) is 4.55. The van der Waals surface area contributed by atoms with E-state index in [0.29, 0.717) is 10.0 Å². The summed E-state index contributed by atoms with van der Waals surface area (Å²) < 4.78 is 0. The highest BCUT2D eigenvalue weighted by molar-refractivity contribution is 6.42. The zero-order chi connectivity index (χ0) is 13.1. The first-order valence-electron chi connectivity index (χ1n) is 5.71. The van der Waals surface area contributed by atoms with Gasteiger partial charge in [-0.1, -0.05) is 59.1 Å².